The summed E-state index contributed by atoms with van der Waals surface area (Å²) in [5.41, 5.74) is 9.41. The molecule has 0 amide bonds. The van der Waals surface area contributed by atoms with E-state index in [1.165, 1.54) is 0 Å². The number of nitrogens with zero attached hydrogens (tertiary/aromatic N) is 1. The van der Waals surface area contributed by atoms with E-state index in [2.05, 4.69) is 4.98 Å². The number of hydrogen-bond donors (Lipinski definition) is 1. The number of nitrogens with two attached hydrogens (primary N) is 1. The van der Waals surface area contributed by atoms with E-state index >= 15 is 0 Å². The summed E-state index contributed by atoms with van der Waals surface area (Å²) in [5, 5.41) is 0.959. The molecule has 0 radical (unpaired) electrons. The summed E-state index contributed by atoms with van der Waals surface area (Å²) in [7, 11) is 0. The maximum atomic E-state index is 11.6. The highest BCUT2D eigenvalue weighted by Gasteiger charge is 2.22. The van der Waals surface area contributed by atoms with E-state index < -0.39 is 0 Å². The lowest BCUT2D eigenvalue weighted by Crippen LogP contribution is -1.95. The lowest BCUT2D eigenvalue weighted by molar-refractivity contribution is 0.0994. The molecule has 3 heteroatoms. The number of aryl methyl sites for hydroxylation is 1. The van der Waals surface area contributed by atoms with Gasteiger partial charge in [-0.2, -0.15) is 0 Å². The van der Waals surface area contributed by atoms with Gasteiger partial charge in [0.2, 0.25) is 0 Å². The summed E-state index contributed by atoms with van der Waals surface area (Å²) in [4.78, 5) is 15.8. The average Bonchev–Trinajstić information content (AvgIpc) is 2.74. The molecule has 0 bridgehead atoms. The number of benzene rings is 1. The van der Waals surface area contributed by atoms with Crippen LogP contribution >= 0.6 is 0 Å². The van der Waals surface area contributed by atoms with Crippen LogP contribution in [0.15, 0.2) is 24.4 Å². The van der Waals surface area contributed by atoms with Crippen molar-refractivity contribution in [2.45, 2.75) is 26.7 Å². The number of anilines is 1. The number of carbonyl (C=O) groups excluding carboxylic acids is 1. The minimum absolute atomic E-state index is 0.218. The number of pyridine rings is 1. The second kappa shape index (κ2) is 4.53. The Morgan fingerprint density at radius 1 is 1.18 bits per heavy atom. The van der Waals surface area contributed by atoms with Gasteiger partial charge >= 0.3 is 0 Å². The van der Waals surface area contributed by atoms with Crippen LogP contribution in [-0.2, 0) is 6.42 Å². The van der Waals surface area contributed by atoms with E-state index in [9.17, 15) is 4.79 Å². The van der Waals surface area contributed by atoms with Crippen LogP contribution < -0.4 is 5.73 Å². The topological polar surface area (TPSA) is 56.0 Å². The molecular weight excluding hydrogens is 212 g/mol. The molecule has 1 aromatic heterocycles. The van der Waals surface area contributed by atoms with Crippen molar-refractivity contribution in [3.05, 3.63) is 35.5 Å². The van der Waals surface area contributed by atoms with Gasteiger partial charge < -0.3 is 5.73 Å². The molecule has 3 nitrogen and oxygen atoms in total. The molecule has 1 aliphatic rings. The molecule has 1 aliphatic carbocycles. The fourth-order valence-electron chi connectivity index (χ4n) is 2.24. The number of fused-ring (bicyclic) bond motifs is 3. The summed E-state index contributed by atoms with van der Waals surface area (Å²) >= 11 is 0. The van der Waals surface area contributed by atoms with E-state index in [-0.39, 0.29) is 5.78 Å². The van der Waals surface area contributed by atoms with E-state index in [1.807, 2.05) is 26.0 Å². The van der Waals surface area contributed by atoms with Gasteiger partial charge in [0.1, 0.15) is 0 Å². The molecule has 1 aromatic carbocycles. The molecule has 3 rings (SSSR count). The highest BCUT2D eigenvalue weighted by atomic mass is 16.1. The van der Waals surface area contributed by atoms with E-state index in [4.69, 9.17) is 5.73 Å². The molecular formula is C14H16N2O. The van der Waals surface area contributed by atoms with Gasteiger partial charge in [-0.1, -0.05) is 13.8 Å². The minimum Gasteiger partial charge on any atom is -0.398 e. The largest absolute Gasteiger partial charge is 0.398 e. The van der Waals surface area contributed by atoms with Crippen LogP contribution in [0, 0.1) is 0 Å². The Morgan fingerprint density at radius 3 is 2.71 bits per heavy atom. The fraction of sp³-hybridized carbons (Fsp3) is 0.286. The second-order valence-corrected chi connectivity index (χ2v) is 3.81. The monoisotopic (exact) mass is 228 g/mol. The van der Waals surface area contributed by atoms with Crippen molar-refractivity contribution < 1.29 is 4.79 Å². The number of nitrogen functional groups attached to an aromatic ring is 1. The third kappa shape index (κ3) is 1.78. The quantitative estimate of drug-likeness (QED) is 0.754. The molecule has 0 unspecified atom stereocenters. The van der Waals surface area contributed by atoms with E-state index in [0.29, 0.717) is 12.1 Å². The van der Waals surface area contributed by atoms with Crippen LogP contribution in [0.1, 0.15) is 36.2 Å². The third-order valence-corrected chi connectivity index (χ3v) is 2.95. The second-order valence-electron chi connectivity index (χ2n) is 3.81. The van der Waals surface area contributed by atoms with Gasteiger partial charge in [0.25, 0.3) is 0 Å². The van der Waals surface area contributed by atoms with Gasteiger partial charge in [-0.25, -0.2) is 0 Å². The Hall–Kier alpha value is -1.90. The first-order valence-electron chi connectivity index (χ1n) is 5.96. The van der Waals surface area contributed by atoms with Crippen LogP contribution in [-0.4, -0.2) is 10.8 Å². The number of aromatic nitrogens is 1. The third-order valence-electron chi connectivity index (χ3n) is 2.95. The predicted molar refractivity (Wildman–Crippen MR) is 70.2 cm³/mol. The predicted octanol–water partition coefficient (Wildman–Crippen LogP) is 2.97. The zero-order chi connectivity index (χ0) is 12.4. The van der Waals surface area contributed by atoms with E-state index in [1.54, 1.807) is 12.3 Å². The van der Waals surface area contributed by atoms with Crippen LogP contribution in [0.25, 0.3) is 10.9 Å². The first-order chi connectivity index (χ1) is 8.27. The molecule has 0 saturated carbocycles. The highest BCUT2D eigenvalue weighted by molar-refractivity contribution is 6.07. The van der Waals surface area contributed by atoms with Crippen LogP contribution in [0.4, 0.5) is 5.69 Å². The van der Waals surface area contributed by atoms with Crippen molar-refractivity contribution in [2.75, 3.05) is 5.73 Å². The number of carbonyl (C=O) groups is 1. The maximum Gasteiger partial charge on any atom is 0.163 e. The van der Waals surface area contributed by atoms with Gasteiger partial charge in [-0.05, 0) is 30.2 Å². The van der Waals surface area contributed by atoms with Crippen molar-refractivity contribution >= 4 is 22.4 Å². The smallest absolute Gasteiger partial charge is 0.163 e. The number of rotatable bonds is 0. The first kappa shape index (κ1) is 11.6. The zero-order valence-corrected chi connectivity index (χ0v) is 10.2. The van der Waals surface area contributed by atoms with Crippen molar-refractivity contribution in [1.82, 2.24) is 4.98 Å². The van der Waals surface area contributed by atoms with Crippen molar-refractivity contribution in [3.63, 3.8) is 0 Å². The number of hydrogen-bond acceptors (Lipinski definition) is 3. The summed E-state index contributed by atoms with van der Waals surface area (Å²) in [5.74, 6) is 0.218. The standard InChI is InChI=1S/C12H10N2O.C2H6/c13-9-5-6-14-10-3-1-7-8(12(9)10)2-4-11(7)15;1-2/h1,3,5-6H,2,4H2,(H2,13,14);1-2H3. The van der Waals surface area contributed by atoms with Crippen molar-refractivity contribution in [1.29, 1.82) is 0 Å². The highest BCUT2D eigenvalue weighted by Crippen LogP contribution is 2.31. The molecule has 2 aromatic rings. The van der Waals surface area contributed by atoms with Gasteiger partial charge in [0, 0.05) is 29.3 Å². The lowest BCUT2D eigenvalue weighted by atomic mass is 10.0. The summed E-state index contributed by atoms with van der Waals surface area (Å²) in [6.07, 6.45) is 3.09. The summed E-state index contributed by atoms with van der Waals surface area (Å²) in [6.45, 7) is 4.00. The van der Waals surface area contributed by atoms with E-state index in [0.717, 1.165) is 28.5 Å². The van der Waals surface area contributed by atoms with Gasteiger partial charge in [-0.15, -0.1) is 0 Å². The molecule has 88 valence electrons. The average molecular weight is 228 g/mol. The Bertz CT molecular complexity index is 576. The minimum atomic E-state index is 0.218. The number of ketones is 1. The molecule has 0 atom stereocenters. The molecule has 0 aliphatic heterocycles. The summed E-state index contributed by atoms with van der Waals surface area (Å²) < 4.78 is 0. The molecule has 0 spiro atoms. The fourth-order valence-corrected chi connectivity index (χ4v) is 2.24. The number of Topliss-reactive ketones (excluding diaryl/α,β-unsaturated/α-hetero) is 1. The Balaban J connectivity index is 0.000000514. The van der Waals surface area contributed by atoms with Gasteiger partial charge in [0.15, 0.2) is 5.78 Å². The Labute approximate surface area is 101 Å². The van der Waals surface area contributed by atoms with Gasteiger partial charge in [-0.3, -0.25) is 9.78 Å². The SMILES string of the molecule is CC.Nc1ccnc2ccc3c(c12)CCC3=O. The molecule has 0 fully saturated rings. The Kier molecular flexibility index (Phi) is 3.09. The molecule has 0 saturated heterocycles. The maximum absolute atomic E-state index is 11.6. The Morgan fingerprint density at radius 2 is 1.94 bits per heavy atom. The van der Waals surface area contributed by atoms with Crippen molar-refractivity contribution in [2.24, 2.45) is 0 Å². The van der Waals surface area contributed by atoms with Crippen molar-refractivity contribution in [3.8, 4) is 0 Å². The van der Waals surface area contributed by atoms with Crippen LogP contribution in [0.3, 0.4) is 0 Å². The zero-order valence-electron chi connectivity index (χ0n) is 10.2. The molecule has 1 heterocycles. The first-order valence-corrected chi connectivity index (χ1v) is 5.96. The molecule has 2 N–H and O–H groups in total. The van der Waals surface area contributed by atoms with Crippen LogP contribution in [0.5, 0.6) is 0 Å². The lowest BCUT2D eigenvalue weighted by Gasteiger charge is -2.06. The summed E-state index contributed by atoms with van der Waals surface area (Å²) in [6, 6.07) is 5.51. The molecule has 17 heavy (non-hydrogen) atoms. The van der Waals surface area contributed by atoms with Crippen LogP contribution in [0.2, 0.25) is 0 Å². The normalized spacial score (nSPS) is 13.2. The van der Waals surface area contributed by atoms with Gasteiger partial charge in [0.05, 0.1) is 5.52 Å².